The van der Waals surface area contributed by atoms with Gasteiger partial charge in [-0.25, -0.2) is 9.78 Å². The zero-order valence-electron chi connectivity index (χ0n) is 9.34. The second-order valence-corrected chi connectivity index (χ2v) is 4.82. The smallest absolute Gasteiger partial charge is 0.341 e. The normalized spacial score (nSPS) is 10.1. The van der Waals surface area contributed by atoms with E-state index in [0.717, 1.165) is 14.7 Å². The Bertz CT molecular complexity index is 554. The summed E-state index contributed by atoms with van der Waals surface area (Å²) in [5.41, 5.74) is 2.04. The summed E-state index contributed by atoms with van der Waals surface area (Å²) in [5, 5.41) is 8.48. The molecule has 5 heteroatoms. The summed E-state index contributed by atoms with van der Waals surface area (Å²) in [6.45, 7) is -0.379. The van der Waals surface area contributed by atoms with Gasteiger partial charge < -0.3 is 9.84 Å². The molecule has 18 heavy (non-hydrogen) atoms. The van der Waals surface area contributed by atoms with Crippen LogP contribution in [0.25, 0.3) is 11.1 Å². The highest BCUT2D eigenvalue weighted by Gasteiger charge is 2.02. The second kappa shape index (κ2) is 5.81. The number of hydrogen-bond acceptors (Lipinski definition) is 3. The highest BCUT2D eigenvalue weighted by Crippen LogP contribution is 2.21. The van der Waals surface area contributed by atoms with Crippen LogP contribution in [0.1, 0.15) is 0 Å². The van der Waals surface area contributed by atoms with Crippen molar-refractivity contribution in [3.63, 3.8) is 0 Å². The molecule has 0 amide bonds. The zero-order valence-corrected chi connectivity index (χ0v) is 11.5. The summed E-state index contributed by atoms with van der Waals surface area (Å²) in [5.74, 6) is -0.703. The number of carbonyl (C=O) groups is 1. The Morgan fingerprint density at radius 2 is 2.11 bits per heavy atom. The minimum atomic E-state index is -1.02. The predicted octanol–water partition coefficient (Wildman–Crippen LogP) is 2.82. The number of carboxylic acid groups (broad SMARTS) is 1. The van der Waals surface area contributed by atoms with E-state index in [1.807, 2.05) is 24.3 Å². The standard InChI is InChI=1S/C13H10INO3/c14-11-3-1-2-9(6-11)10-4-5-12(15-7-10)18-8-13(16)17/h1-7H,8H2,(H,16,17). The van der Waals surface area contributed by atoms with Crippen molar-refractivity contribution in [2.75, 3.05) is 6.61 Å². The molecule has 2 aromatic rings. The molecule has 1 aromatic heterocycles. The van der Waals surface area contributed by atoms with E-state index in [4.69, 9.17) is 9.84 Å². The highest BCUT2D eigenvalue weighted by atomic mass is 127. The average Bonchev–Trinajstić information content (AvgIpc) is 2.37. The Balaban J connectivity index is 2.14. The van der Waals surface area contributed by atoms with Crippen molar-refractivity contribution in [2.45, 2.75) is 0 Å². The summed E-state index contributed by atoms with van der Waals surface area (Å²) < 4.78 is 6.12. The third kappa shape index (κ3) is 3.43. The first-order valence-electron chi connectivity index (χ1n) is 5.22. The lowest BCUT2D eigenvalue weighted by Gasteiger charge is -2.04. The van der Waals surface area contributed by atoms with Crippen molar-refractivity contribution in [2.24, 2.45) is 0 Å². The van der Waals surface area contributed by atoms with Gasteiger partial charge in [-0.2, -0.15) is 0 Å². The topological polar surface area (TPSA) is 59.4 Å². The lowest BCUT2D eigenvalue weighted by Crippen LogP contribution is -2.10. The quantitative estimate of drug-likeness (QED) is 0.857. The molecule has 1 heterocycles. The molecule has 92 valence electrons. The van der Waals surface area contributed by atoms with Crippen LogP contribution in [0.15, 0.2) is 42.6 Å². The largest absolute Gasteiger partial charge is 0.479 e. The van der Waals surface area contributed by atoms with E-state index in [2.05, 4.69) is 33.6 Å². The first-order valence-corrected chi connectivity index (χ1v) is 6.29. The van der Waals surface area contributed by atoms with Crippen molar-refractivity contribution >= 4 is 28.6 Å². The fraction of sp³-hybridized carbons (Fsp3) is 0.0769. The van der Waals surface area contributed by atoms with Gasteiger partial charge in [-0.3, -0.25) is 0 Å². The average molecular weight is 355 g/mol. The molecule has 4 nitrogen and oxygen atoms in total. The lowest BCUT2D eigenvalue weighted by atomic mass is 10.1. The van der Waals surface area contributed by atoms with Gasteiger partial charge in [0.15, 0.2) is 6.61 Å². The molecular formula is C13H10INO3. The number of ether oxygens (including phenoxy) is 1. The minimum Gasteiger partial charge on any atom is -0.479 e. The van der Waals surface area contributed by atoms with Crippen LogP contribution >= 0.6 is 22.6 Å². The third-order valence-corrected chi connectivity index (χ3v) is 2.91. The van der Waals surface area contributed by atoms with E-state index in [1.165, 1.54) is 0 Å². The maximum atomic E-state index is 10.3. The highest BCUT2D eigenvalue weighted by molar-refractivity contribution is 14.1. The first kappa shape index (κ1) is 12.8. The summed E-state index contributed by atoms with van der Waals surface area (Å²) >= 11 is 2.25. The number of halogens is 1. The van der Waals surface area contributed by atoms with Gasteiger partial charge in [-0.1, -0.05) is 12.1 Å². The van der Waals surface area contributed by atoms with E-state index < -0.39 is 5.97 Å². The molecule has 1 N–H and O–H groups in total. The molecule has 0 bridgehead atoms. The van der Waals surface area contributed by atoms with Crippen LogP contribution in [0, 0.1) is 3.57 Å². The molecule has 0 saturated heterocycles. The monoisotopic (exact) mass is 355 g/mol. The Hall–Kier alpha value is -1.63. The van der Waals surface area contributed by atoms with Crippen molar-refractivity contribution in [3.8, 4) is 17.0 Å². The van der Waals surface area contributed by atoms with Gasteiger partial charge in [0.1, 0.15) is 0 Å². The van der Waals surface area contributed by atoms with Gasteiger partial charge in [-0.15, -0.1) is 0 Å². The van der Waals surface area contributed by atoms with Crippen molar-refractivity contribution in [1.29, 1.82) is 0 Å². The van der Waals surface area contributed by atoms with Gasteiger partial charge in [0, 0.05) is 21.4 Å². The van der Waals surface area contributed by atoms with Gasteiger partial charge in [0.25, 0.3) is 0 Å². The summed E-state index contributed by atoms with van der Waals surface area (Å²) in [6.07, 6.45) is 1.67. The number of rotatable bonds is 4. The second-order valence-electron chi connectivity index (χ2n) is 3.58. The minimum absolute atomic E-state index is 0.312. The SMILES string of the molecule is O=C(O)COc1ccc(-c2cccc(I)c2)cn1. The summed E-state index contributed by atoms with van der Waals surface area (Å²) in [6, 6.07) is 11.6. The fourth-order valence-corrected chi connectivity index (χ4v) is 1.98. The number of hydrogen-bond donors (Lipinski definition) is 1. The molecule has 1 aromatic carbocycles. The molecule has 2 rings (SSSR count). The fourth-order valence-electron chi connectivity index (χ4n) is 1.44. The van der Waals surface area contributed by atoms with Crippen LogP contribution < -0.4 is 4.74 Å². The van der Waals surface area contributed by atoms with E-state index in [0.29, 0.717) is 5.88 Å². The van der Waals surface area contributed by atoms with Gasteiger partial charge in [0.05, 0.1) is 0 Å². The number of carboxylic acids is 1. The van der Waals surface area contributed by atoms with Crippen molar-refractivity contribution in [1.82, 2.24) is 4.98 Å². The van der Waals surface area contributed by atoms with Crippen LogP contribution in [0.4, 0.5) is 0 Å². The summed E-state index contributed by atoms with van der Waals surface area (Å²) in [4.78, 5) is 14.4. The van der Waals surface area contributed by atoms with Gasteiger partial charge in [0.2, 0.25) is 5.88 Å². The molecule has 0 radical (unpaired) electrons. The summed E-state index contributed by atoms with van der Waals surface area (Å²) in [7, 11) is 0. The van der Waals surface area contributed by atoms with E-state index in [1.54, 1.807) is 12.3 Å². The van der Waals surface area contributed by atoms with E-state index in [9.17, 15) is 4.79 Å². The third-order valence-electron chi connectivity index (χ3n) is 2.24. The molecule has 0 spiro atoms. The van der Waals surface area contributed by atoms with Crippen LogP contribution in [0.3, 0.4) is 0 Å². The number of benzene rings is 1. The van der Waals surface area contributed by atoms with Crippen LogP contribution in [0.5, 0.6) is 5.88 Å². The first-order chi connectivity index (χ1) is 8.65. The molecular weight excluding hydrogens is 345 g/mol. The Labute approximate surface area is 118 Å². The van der Waals surface area contributed by atoms with Crippen molar-refractivity contribution in [3.05, 3.63) is 46.2 Å². The molecule has 0 atom stereocenters. The lowest BCUT2D eigenvalue weighted by molar-refractivity contribution is -0.139. The number of aromatic nitrogens is 1. The zero-order chi connectivity index (χ0) is 13.0. The van der Waals surface area contributed by atoms with Gasteiger partial charge in [-0.05, 0) is 46.4 Å². The number of nitrogens with zero attached hydrogens (tertiary/aromatic N) is 1. The molecule has 0 saturated carbocycles. The molecule has 0 unspecified atom stereocenters. The van der Waals surface area contributed by atoms with Crippen LogP contribution in [-0.2, 0) is 4.79 Å². The number of aliphatic carboxylic acids is 1. The molecule has 0 aliphatic carbocycles. The maximum absolute atomic E-state index is 10.3. The molecule has 0 aliphatic rings. The molecule has 0 fully saturated rings. The Morgan fingerprint density at radius 3 is 2.72 bits per heavy atom. The van der Waals surface area contributed by atoms with Crippen LogP contribution in [0.2, 0.25) is 0 Å². The molecule has 0 aliphatic heterocycles. The van der Waals surface area contributed by atoms with E-state index >= 15 is 0 Å². The van der Waals surface area contributed by atoms with Gasteiger partial charge >= 0.3 is 5.97 Å². The predicted molar refractivity (Wildman–Crippen MR) is 75.5 cm³/mol. The number of pyridine rings is 1. The maximum Gasteiger partial charge on any atom is 0.341 e. The van der Waals surface area contributed by atoms with Crippen LogP contribution in [-0.4, -0.2) is 22.7 Å². The Morgan fingerprint density at radius 1 is 1.28 bits per heavy atom. The Kier molecular flexibility index (Phi) is 4.14. The van der Waals surface area contributed by atoms with Crippen molar-refractivity contribution < 1.29 is 14.6 Å². The van der Waals surface area contributed by atoms with E-state index in [-0.39, 0.29) is 6.61 Å².